The van der Waals surface area contributed by atoms with E-state index in [1.165, 1.54) is 19.5 Å². The average Bonchev–Trinajstić information content (AvgIpc) is 3.15. The Hall–Kier alpha value is -2.38. The molecule has 1 saturated heterocycles. The van der Waals surface area contributed by atoms with Gasteiger partial charge in [-0.2, -0.15) is 15.0 Å². The number of aromatic nitrogens is 4. The highest BCUT2D eigenvalue weighted by Gasteiger charge is 2.21. The molecule has 0 spiro atoms. The molecule has 0 radical (unpaired) electrons. The molecule has 2 aromatic heterocycles. The Morgan fingerprint density at radius 2 is 1.93 bits per heavy atom. The molecule has 29 heavy (non-hydrogen) atoms. The van der Waals surface area contributed by atoms with Gasteiger partial charge in [0.2, 0.25) is 17.8 Å². The van der Waals surface area contributed by atoms with E-state index < -0.39 is 10.0 Å². The van der Waals surface area contributed by atoms with E-state index in [9.17, 15) is 13.2 Å². The molecule has 3 heterocycles. The third kappa shape index (κ3) is 5.58. The van der Waals surface area contributed by atoms with Crippen molar-refractivity contribution in [2.75, 3.05) is 42.3 Å². The first-order chi connectivity index (χ1) is 13.7. The number of amides is 1. The van der Waals surface area contributed by atoms with Crippen LogP contribution in [0, 0.1) is 0 Å². The molecule has 13 heteroatoms. The zero-order valence-corrected chi connectivity index (χ0v) is 18.2. The summed E-state index contributed by atoms with van der Waals surface area (Å²) in [6.45, 7) is 2.99. The molecule has 11 nitrogen and oxygen atoms in total. The van der Waals surface area contributed by atoms with Gasteiger partial charge in [0.05, 0.1) is 12.7 Å². The van der Waals surface area contributed by atoms with Gasteiger partial charge < -0.3 is 15.1 Å². The summed E-state index contributed by atoms with van der Waals surface area (Å²) in [5, 5.41) is 2.69. The van der Waals surface area contributed by atoms with Crippen molar-refractivity contribution in [3.8, 4) is 0 Å². The molecule has 0 unspecified atom stereocenters. The van der Waals surface area contributed by atoms with Crippen LogP contribution in [0.2, 0.25) is 0 Å². The highest BCUT2D eigenvalue weighted by Crippen LogP contribution is 2.23. The number of nitrogens with one attached hydrogen (secondary N) is 2. The van der Waals surface area contributed by atoms with E-state index in [2.05, 4.69) is 34.9 Å². The second kappa shape index (κ2) is 8.97. The van der Waals surface area contributed by atoms with Crippen molar-refractivity contribution < 1.29 is 13.2 Å². The van der Waals surface area contributed by atoms with E-state index in [0.717, 1.165) is 37.3 Å². The average molecular weight is 441 g/mol. The summed E-state index contributed by atoms with van der Waals surface area (Å²) in [6, 6.07) is 0. The number of carbonyl (C=O) groups excluding carboxylic acids is 1. The lowest BCUT2D eigenvalue weighted by Gasteiger charge is -2.27. The topological polar surface area (TPSA) is 133 Å². The molecule has 0 saturated carbocycles. The molecular weight excluding hydrogens is 416 g/mol. The maximum Gasteiger partial charge on any atom is 0.252 e. The number of rotatable bonds is 7. The number of hydrogen-bond acceptors (Lipinski definition) is 10. The Morgan fingerprint density at radius 1 is 1.21 bits per heavy atom. The van der Waals surface area contributed by atoms with E-state index in [-0.39, 0.29) is 21.8 Å². The van der Waals surface area contributed by atoms with Gasteiger partial charge in [-0.05, 0) is 19.3 Å². The van der Waals surface area contributed by atoms with Crippen LogP contribution in [0.4, 0.5) is 17.0 Å². The number of anilines is 3. The minimum atomic E-state index is -3.82. The van der Waals surface area contributed by atoms with Crippen molar-refractivity contribution in [1.29, 1.82) is 0 Å². The molecule has 0 bridgehead atoms. The largest absolute Gasteiger partial charge is 0.347 e. The fraction of sp³-hybridized carbons (Fsp3) is 0.562. The second-order valence-corrected chi connectivity index (χ2v) is 9.81. The van der Waals surface area contributed by atoms with E-state index in [1.807, 2.05) is 14.1 Å². The molecule has 1 aliphatic heterocycles. The predicted molar refractivity (Wildman–Crippen MR) is 111 cm³/mol. The second-order valence-electron chi connectivity index (χ2n) is 6.78. The van der Waals surface area contributed by atoms with E-state index in [4.69, 9.17) is 0 Å². The summed E-state index contributed by atoms with van der Waals surface area (Å²) in [5.41, 5.74) is 0. The van der Waals surface area contributed by atoms with E-state index in [1.54, 1.807) is 4.90 Å². The summed E-state index contributed by atoms with van der Waals surface area (Å²) in [7, 11) is -0.170. The minimum absolute atomic E-state index is 0.000562. The van der Waals surface area contributed by atoms with Crippen LogP contribution in [0.5, 0.6) is 0 Å². The molecule has 3 rings (SSSR count). The number of nitrogens with zero attached hydrogens (tertiary/aromatic N) is 6. The van der Waals surface area contributed by atoms with Gasteiger partial charge in [-0.15, -0.1) is 0 Å². The Kier molecular flexibility index (Phi) is 6.59. The predicted octanol–water partition coefficient (Wildman–Crippen LogP) is 0.821. The summed E-state index contributed by atoms with van der Waals surface area (Å²) in [6.07, 6.45) is 4.54. The molecule has 0 aromatic carbocycles. The Bertz CT molecular complexity index is 970. The van der Waals surface area contributed by atoms with Gasteiger partial charge in [0.15, 0.2) is 15.2 Å². The zero-order valence-electron chi connectivity index (χ0n) is 16.5. The standard InChI is InChI=1S/C16H24N8O3S2/c1-11(25)19-16-17-10-13(28-16)29(26,27)18-9-12-20-14(23(2)3)22-15(21-12)24-7-5-4-6-8-24/h10,18H,4-9H2,1-3H3,(H,17,19,25). The first kappa shape index (κ1) is 21.3. The first-order valence-electron chi connectivity index (χ1n) is 9.15. The maximum absolute atomic E-state index is 12.6. The van der Waals surface area contributed by atoms with Crippen molar-refractivity contribution in [3.05, 3.63) is 12.0 Å². The van der Waals surface area contributed by atoms with Crippen molar-refractivity contribution >= 4 is 44.3 Å². The highest BCUT2D eigenvalue weighted by atomic mass is 32.2. The van der Waals surface area contributed by atoms with Gasteiger partial charge >= 0.3 is 0 Å². The van der Waals surface area contributed by atoms with Crippen molar-refractivity contribution in [2.45, 2.75) is 36.9 Å². The Morgan fingerprint density at radius 3 is 2.59 bits per heavy atom. The summed E-state index contributed by atoms with van der Waals surface area (Å²) >= 11 is 0.874. The SMILES string of the molecule is CC(=O)Nc1ncc(S(=O)(=O)NCc2nc(N(C)C)nc(N3CCCCC3)n2)s1. The fourth-order valence-electron chi connectivity index (χ4n) is 2.73. The van der Waals surface area contributed by atoms with E-state index in [0.29, 0.717) is 17.7 Å². The fourth-order valence-corrected chi connectivity index (χ4v) is 4.83. The van der Waals surface area contributed by atoms with Gasteiger partial charge in [0, 0.05) is 34.1 Å². The smallest absolute Gasteiger partial charge is 0.252 e. The molecule has 2 N–H and O–H groups in total. The van der Waals surface area contributed by atoms with Crippen LogP contribution in [-0.2, 0) is 21.4 Å². The number of piperidine rings is 1. The lowest BCUT2D eigenvalue weighted by molar-refractivity contribution is -0.114. The van der Waals surface area contributed by atoms with Gasteiger partial charge in [0.1, 0.15) is 0 Å². The zero-order chi connectivity index (χ0) is 21.0. The van der Waals surface area contributed by atoms with Crippen LogP contribution in [0.3, 0.4) is 0 Å². The lowest BCUT2D eigenvalue weighted by Crippen LogP contribution is -2.32. The first-order valence-corrected chi connectivity index (χ1v) is 11.4. The number of thiazole rings is 1. The van der Waals surface area contributed by atoms with Gasteiger partial charge in [-0.1, -0.05) is 11.3 Å². The quantitative estimate of drug-likeness (QED) is 0.642. The van der Waals surface area contributed by atoms with Crippen molar-refractivity contribution in [1.82, 2.24) is 24.7 Å². The molecule has 0 aliphatic carbocycles. The molecule has 2 aromatic rings. The molecular formula is C16H24N8O3S2. The Labute approximate surface area is 173 Å². The van der Waals surface area contributed by atoms with Crippen LogP contribution in [0.15, 0.2) is 10.4 Å². The number of hydrogen-bond donors (Lipinski definition) is 2. The molecule has 1 fully saturated rings. The van der Waals surface area contributed by atoms with Gasteiger partial charge in [-0.25, -0.2) is 18.1 Å². The summed E-state index contributed by atoms with van der Waals surface area (Å²) in [5.74, 6) is 1.05. The Balaban J connectivity index is 1.77. The van der Waals surface area contributed by atoms with Crippen LogP contribution in [0.1, 0.15) is 32.0 Å². The summed E-state index contributed by atoms with van der Waals surface area (Å²) in [4.78, 5) is 32.2. The molecule has 158 valence electrons. The van der Waals surface area contributed by atoms with Crippen LogP contribution < -0.4 is 19.8 Å². The maximum atomic E-state index is 12.6. The normalized spacial score (nSPS) is 14.7. The van der Waals surface area contributed by atoms with Crippen LogP contribution >= 0.6 is 11.3 Å². The molecule has 1 amide bonds. The van der Waals surface area contributed by atoms with Gasteiger partial charge in [0.25, 0.3) is 10.0 Å². The van der Waals surface area contributed by atoms with Crippen molar-refractivity contribution in [2.24, 2.45) is 0 Å². The van der Waals surface area contributed by atoms with Crippen molar-refractivity contribution in [3.63, 3.8) is 0 Å². The third-order valence-electron chi connectivity index (χ3n) is 4.15. The molecule has 0 atom stereocenters. The van der Waals surface area contributed by atoms with Crippen LogP contribution in [0.25, 0.3) is 0 Å². The highest BCUT2D eigenvalue weighted by molar-refractivity contribution is 7.91. The molecule has 1 aliphatic rings. The van der Waals surface area contributed by atoms with E-state index >= 15 is 0 Å². The number of carbonyl (C=O) groups is 1. The van der Waals surface area contributed by atoms with Crippen LogP contribution in [-0.4, -0.2) is 61.4 Å². The number of sulfonamides is 1. The van der Waals surface area contributed by atoms with Gasteiger partial charge in [-0.3, -0.25) is 4.79 Å². The monoisotopic (exact) mass is 440 g/mol. The summed E-state index contributed by atoms with van der Waals surface area (Å²) < 4.78 is 27.6. The lowest BCUT2D eigenvalue weighted by atomic mass is 10.1. The third-order valence-corrected chi connectivity index (χ3v) is 6.92. The minimum Gasteiger partial charge on any atom is -0.347 e.